The van der Waals surface area contributed by atoms with Gasteiger partial charge in [0.05, 0.1) is 17.9 Å². The molecule has 1 atom stereocenters. The minimum atomic E-state index is -4.19. The Morgan fingerprint density at radius 1 is 1.34 bits per heavy atom. The monoisotopic (exact) mass is 504 g/mol. The van der Waals surface area contributed by atoms with E-state index in [4.69, 9.17) is 0 Å². The number of thiophene rings is 1. The molecule has 3 heterocycles. The first-order chi connectivity index (χ1) is 16.6. The lowest BCUT2D eigenvalue weighted by Crippen LogP contribution is -2.34. The smallest absolute Gasteiger partial charge is 0.347 e. The molecule has 6 nitrogen and oxygen atoms in total. The van der Waals surface area contributed by atoms with E-state index in [1.165, 1.54) is 15.9 Å². The summed E-state index contributed by atoms with van der Waals surface area (Å²) in [6.07, 6.45) is 1.40. The molecular weight excluding hydrogens is 477 g/mol. The van der Waals surface area contributed by atoms with E-state index in [0.29, 0.717) is 12.1 Å². The van der Waals surface area contributed by atoms with Crippen LogP contribution in [-0.2, 0) is 25.9 Å². The van der Waals surface area contributed by atoms with Crippen LogP contribution in [0.5, 0.6) is 0 Å². The van der Waals surface area contributed by atoms with E-state index < -0.39 is 18.0 Å². The molecule has 10 heteroatoms. The lowest BCUT2D eigenvalue weighted by atomic mass is 9.87. The van der Waals surface area contributed by atoms with Crippen LogP contribution in [0.25, 0.3) is 5.69 Å². The van der Waals surface area contributed by atoms with Crippen LogP contribution in [0.1, 0.15) is 52.5 Å². The van der Waals surface area contributed by atoms with Crippen molar-refractivity contribution < 1.29 is 18.0 Å². The predicted molar refractivity (Wildman–Crippen MR) is 129 cm³/mol. The quantitative estimate of drug-likeness (QED) is 0.482. The molecule has 0 saturated carbocycles. The molecule has 0 saturated heterocycles. The van der Waals surface area contributed by atoms with Gasteiger partial charge in [-0.25, -0.2) is 4.98 Å². The molecule has 0 fully saturated rings. The first-order valence-electron chi connectivity index (χ1n) is 11.4. The van der Waals surface area contributed by atoms with Crippen molar-refractivity contribution in [1.82, 2.24) is 19.4 Å². The summed E-state index contributed by atoms with van der Waals surface area (Å²) >= 11 is 1.32. The summed E-state index contributed by atoms with van der Waals surface area (Å²) in [4.78, 5) is 31.4. The van der Waals surface area contributed by atoms with Crippen molar-refractivity contribution in [1.29, 1.82) is 0 Å². The molecule has 1 aliphatic rings. The number of halogens is 3. The first-order valence-corrected chi connectivity index (χ1v) is 12.3. The highest BCUT2D eigenvalue weighted by molar-refractivity contribution is 7.10. The third-order valence-corrected chi connectivity index (χ3v) is 7.52. The Kier molecular flexibility index (Phi) is 7.02. The standard InChI is InChI=1S/C25H27F3N4O2S/c1-4-15(2)11-32-20(7-8-21(24(32)34)31-12-16(3)30-14-31)23(33)29-10-17-13-35-22-9-18(25(26,27)28)5-6-19(17)22/h4,7-8,12-14,18H,5-6,9-11H2,1-3H3,(H,29,33)/b15-4-. The van der Waals surface area contributed by atoms with Crippen molar-refractivity contribution in [2.24, 2.45) is 5.92 Å². The third-order valence-electron chi connectivity index (χ3n) is 6.42. The molecule has 1 N–H and O–H groups in total. The molecule has 186 valence electrons. The maximum Gasteiger partial charge on any atom is 0.392 e. The summed E-state index contributed by atoms with van der Waals surface area (Å²) in [7, 11) is 0. The number of aromatic nitrogens is 3. The van der Waals surface area contributed by atoms with Gasteiger partial charge in [-0.05, 0) is 68.7 Å². The lowest BCUT2D eigenvalue weighted by Gasteiger charge is -2.25. The largest absolute Gasteiger partial charge is 0.392 e. The molecule has 0 radical (unpaired) electrons. The number of nitrogens with one attached hydrogen (secondary N) is 1. The number of rotatable bonds is 6. The van der Waals surface area contributed by atoms with Crippen molar-refractivity contribution in [2.75, 3.05) is 0 Å². The van der Waals surface area contributed by atoms with Crippen LogP contribution in [0.3, 0.4) is 0 Å². The van der Waals surface area contributed by atoms with Crippen LogP contribution in [0.2, 0.25) is 0 Å². The minimum absolute atomic E-state index is 0.00515. The van der Waals surface area contributed by atoms with Crippen LogP contribution in [0.4, 0.5) is 13.2 Å². The van der Waals surface area contributed by atoms with Gasteiger partial charge in [0.25, 0.3) is 11.5 Å². The maximum atomic E-state index is 13.3. The van der Waals surface area contributed by atoms with Crippen molar-refractivity contribution in [3.05, 3.63) is 79.4 Å². The van der Waals surface area contributed by atoms with Crippen LogP contribution in [0, 0.1) is 12.8 Å². The van der Waals surface area contributed by atoms with Gasteiger partial charge in [-0.2, -0.15) is 13.2 Å². The third kappa shape index (κ3) is 5.27. The normalized spacial score (nSPS) is 16.3. The van der Waals surface area contributed by atoms with E-state index in [2.05, 4.69) is 10.3 Å². The van der Waals surface area contributed by atoms with Crippen LogP contribution >= 0.6 is 11.3 Å². The molecule has 3 aromatic heterocycles. The molecule has 0 spiro atoms. The number of aryl methyl sites for hydroxylation is 1. The Hall–Kier alpha value is -3.14. The molecule has 1 amide bonds. The Balaban J connectivity index is 1.57. The number of carbonyl (C=O) groups excluding carboxylic acids is 1. The van der Waals surface area contributed by atoms with Gasteiger partial charge in [-0.15, -0.1) is 11.3 Å². The molecule has 1 unspecified atom stereocenters. The van der Waals surface area contributed by atoms with Gasteiger partial charge in [-0.1, -0.05) is 11.6 Å². The van der Waals surface area contributed by atoms with Gasteiger partial charge in [0.2, 0.25) is 0 Å². The van der Waals surface area contributed by atoms with Gasteiger partial charge >= 0.3 is 6.18 Å². The molecule has 35 heavy (non-hydrogen) atoms. The number of alkyl halides is 3. The Bertz CT molecular complexity index is 1330. The number of hydrogen-bond donors (Lipinski definition) is 1. The predicted octanol–water partition coefficient (Wildman–Crippen LogP) is 4.97. The number of imidazole rings is 1. The second kappa shape index (κ2) is 9.85. The minimum Gasteiger partial charge on any atom is -0.347 e. The van der Waals surface area contributed by atoms with Gasteiger partial charge in [0, 0.05) is 24.2 Å². The van der Waals surface area contributed by atoms with Crippen LogP contribution < -0.4 is 10.9 Å². The summed E-state index contributed by atoms with van der Waals surface area (Å²) in [6, 6.07) is 3.21. The summed E-state index contributed by atoms with van der Waals surface area (Å²) in [5.41, 5.74) is 3.72. The summed E-state index contributed by atoms with van der Waals surface area (Å²) in [5, 5.41) is 4.69. The molecule has 1 aliphatic carbocycles. The highest BCUT2D eigenvalue weighted by atomic mass is 32.1. The number of nitrogens with zero attached hydrogens (tertiary/aromatic N) is 3. The summed E-state index contributed by atoms with van der Waals surface area (Å²) < 4.78 is 42.4. The summed E-state index contributed by atoms with van der Waals surface area (Å²) in [5.74, 6) is -1.72. The van der Waals surface area contributed by atoms with E-state index in [1.807, 2.05) is 32.2 Å². The zero-order valence-corrected chi connectivity index (χ0v) is 20.6. The zero-order valence-electron chi connectivity index (χ0n) is 19.8. The van der Waals surface area contributed by atoms with Crippen molar-refractivity contribution in [3.63, 3.8) is 0 Å². The van der Waals surface area contributed by atoms with Gasteiger partial charge in [0.1, 0.15) is 11.4 Å². The Labute approximate surface area is 205 Å². The SMILES string of the molecule is C/C=C(/C)Cn1c(C(=O)NCc2csc3c2CCC(C(F)(F)F)C3)ccc(-n2cnc(C)c2)c1=O. The van der Waals surface area contributed by atoms with Crippen LogP contribution in [-0.4, -0.2) is 26.2 Å². The molecular formula is C25H27F3N4O2S. The number of allylic oxidation sites excluding steroid dienone is 2. The van der Waals surface area contributed by atoms with Crippen molar-refractivity contribution in [3.8, 4) is 5.69 Å². The molecule has 3 aromatic rings. The van der Waals surface area contributed by atoms with E-state index in [-0.39, 0.29) is 37.2 Å². The fourth-order valence-corrected chi connectivity index (χ4v) is 5.47. The number of hydrogen-bond acceptors (Lipinski definition) is 4. The molecule has 0 aliphatic heterocycles. The maximum absolute atomic E-state index is 13.3. The number of carbonyl (C=O) groups is 1. The van der Waals surface area contributed by atoms with E-state index in [0.717, 1.165) is 27.3 Å². The topological polar surface area (TPSA) is 68.9 Å². The first kappa shape index (κ1) is 25.0. The highest BCUT2D eigenvalue weighted by Gasteiger charge is 2.41. The number of fused-ring (bicyclic) bond motifs is 1. The van der Waals surface area contributed by atoms with E-state index in [9.17, 15) is 22.8 Å². The van der Waals surface area contributed by atoms with Crippen molar-refractivity contribution in [2.45, 2.75) is 59.3 Å². The zero-order chi connectivity index (χ0) is 25.3. The van der Waals surface area contributed by atoms with E-state index >= 15 is 0 Å². The fourth-order valence-electron chi connectivity index (χ4n) is 4.29. The lowest BCUT2D eigenvalue weighted by molar-refractivity contribution is -0.176. The van der Waals surface area contributed by atoms with Crippen molar-refractivity contribution >= 4 is 17.2 Å². The number of amides is 1. The average Bonchev–Trinajstić information content (AvgIpc) is 3.43. The molecule has 4 rings (SSSR count). The Morgan fingerprint density at radius 3 is 2.77 bits per heavy atom. The van der Waals surface area contributed by atoms with Crippen LogP contribution in [0.15, 0.2) is 46.5 Å². The summed E-state index contributed by atoms with van der Waals surface area (Å²) in [6.45, 7) is 6.03. The van der Waals surface area contributed by atoms with E-state index in [1.54, 1.807) is 29.2 Å². The highest BCUT2D eigenvalue weighted by Crippen LogP contribution is 2.40. The second-order valence-corrected chi connectivity index (χ2v) is 9.84. The second-order valence-electron chi connectivity index (χ2n) is 8.88. The Morgan fingerprint density at radius 2 is 2.11 bits per heavy atom. The molecule has 0 aromatic carbocycles. The van der Waals surface area contributed by atoms with Gasteiger partial charge in [-0.3, -0.25) is 14.2 Å². The molecule has 0 bridgehead atoms. The average molecular weight is 505 g/mol. The van der Waals surface area contributed by atoms with Gasteiger partial charge in [0.15, 0.2) is 0 Å². The fraction of sp³-hybridized carbons (Fsp3) is 0.400. The number of pyridine rings is 1. The van der Waals surface area contributed by atoms with Gasteiger partial charge < -0.3 is 9.88 Å².